The number of carbonyl (C=O) groups excluding carboxylic acids is 2. The molecule has 136 valence electrons. The molecule has 3 N–H and O–H groups in total. The molecule has 2 amide bonds. The highest BCUT2D eigenvalue weighted by molar-refractivity contribution is 7.22. The third-order valence-corrected chi connectivity index (χ3v) is 5.81. The van der Waals surface area contributed by atoms with Crippen molar-refractivity contribution in [2.45, 2.75) is 25.7 Å². The predicted octanol–water partition coefficient (Wildman–Crippen LogP) is 3.58. The van der Waals surface area contributed by atoms with Gasteiger partial charge in [0.25, 0.3) is 5.91 Å². The van der Waals surface area contributed by atoms with Gasteiger partial charge in [-0.2, -0.15) is 10.1 Å². The van der Waals surface area contributed by atoms with E-state index < -0.39 is 0 Å². The molecule has 2 heterocycles. The van der Waals surface area contributed by atoms with Crippen molar-refractivity contribution < 1.29 is 9.59 Å². The second-order valence-corrected chi connectivity index (χ2v) is 7.81. The molecule has 0 radical (unpaired) electrons. The average Bonchev–Trinajstić information content (AvgIpc) is 3.37. The number of anilines is 2. The lowest BCUT2D eigenvalue weighted by Gasteiger charge is -2.14. The number of benzene rings is 1. The summed E-state index contributed by atoms with van der Waals surface area (Å²) in [4.78, 5) is 29.1. The largest absolute Gasteiger partial charge is 0.306 e. The van der Waals surface area contributed by atoms with Crippen LogP contribution in [0.4, 0.5) is 10.9 Å². The second kappa shape index (κ2) is 6.31. The summed E-state index contributed by atoms with van der Waals surface area (Å²) in [7, 11) is 0. The zero-order valence-electron chi connectivity index (χ0n) is 14.4. The fourth-order valence-electron chi connectivity index (χ4n) is 3.25. The van der Waals surface area contributed by atoms with Crippen molar-refractivity contribution in [3.63, 3.8) is 0 Å². The van der Waals surface area contributed by atoms with Crippen molar-refractivity contribution >= 4 is 50.5 Å². The van der Waals surface area contributed by atoms with Gasteiger partial charge in [0.1, 0.15) is 10.5 Å². The summed E-state index contributed by atoms with van der Waals surface area (Å²) in [5, 5.41) is 13.2. The Hall–Kier alpha value is -3.00. The maximum Gasteiger partial charge on any atom is 0.257 e. The molecule has 0 aliphatic heterocycles. The molecule has 27 heavy (non-hydrogen) atoms. The third kappa shape index (κ3) is 3.02. The number of carbonyl (C=O) groups is 2. The summed E-state index contributed by atoms with van der Waals surface area (Å²) < 4.78 is 0.717. The van der Waals surface area contributed by atoms with Crippen molar-refractivity contribution in [2.75, 3.05) is 10.6 Å². The highest BCUT2D eigenvalue weighted by atomic mass is 32.1. The fourth-order valence-corrected chi connectivity index (χ4v) is 4.11. The molecule has 0 saturated heterocycles. The maximum atomic E-state index is 12.8. The smallest absolute Gasteiger partial charge is 0.257 e. The van der Waals surface area contributed by atoms with Crippen molar-refractivity contribution in [1.82, 2.24) is 15.2 Å². The lowest BCUT2D eigenvalue weighted by Crippen LogP contribution is -2.15. The summed E-state index contributed by atoms with van der Waals surface area (Å²) in [6.45, 7) is 0. The summed E-state index contributed by atoms with van der Waals surface area (Å²) in [6, 6.07) is 5.79. The number of amides is 2. The molecule has 1 fully saturated rings. The minimum absolute atomic E-state index is 0.00340. The quantitative estimate of drug-likeness (QED) is 0.645. The first kappa shape index (κ1) is 16.2. The number of hydrogen-bond donors (Lipinski definition) is 3. The molecule has 0 unspecified atom stereocenters. The molecule has 0 bridgehead atoms. The monoisotopic (exact) mass is 379 g/mol. The van der Waals surface area contributed by atoms with Crippen LogP contribution in [0.2, 0.25) is 0 Å². The second-order valence-electron chi connectivity index (χ2n) is 6.81. The van der Waals surface area contributed by atoms with Gasteiger partial charge >= 0.3 is 0 Å². The Kier molecular flexibility index (Phi) is 3.78. The molecular formula is C19H17N5O2S. The molecule has 8 heteroatoms. The van der Waals surface area contributed by atoms with E-state index in [-0.39, 0.29) is 17.7 Å². The topological polar surface area (TPSA) is 99.8 Å². The first-order valence-corrected chi connectivity index (χ1v) is 9.76. The van der Waals surface area contributed by atoms with Gasteiger partial charge in [0.2, 0.25) is 5.91 Å². The van der Waals surface area contributed by atoms with Gasteiger partial charge in [0.15, 0.2) is 10.8 Å². The van der Waals surface area contributed by atoms with Gasteiger partial charge in [-0.3, -0.25) is 14.7 Å². The molecule has 2 aliphatic rings. The number of aromatic nitrogens is 3. The predicted molar refractivity (Wildman–Crippen MR) is 105 cm³/mol. The van der Waals surface area contributed by atoms with Crippen LogP contribution in [-0.4, -0.2) is 27.0 Å². The van der Waals surface area contributed by atoms with Crippen LogP contribution in [0.15, 0.2) is 24.3 Å². The van der Waals surface area contributed by atoms with Gasteiger partial charge in [-0.25, -0.2) is 0 Å². The van der Waals surface area contributed by atoms with Crippen molar-refractivity contribution in [1.29, 1.82) is 0 Å². The van der Waals surface area contributed by atoms with Gasteiger partial charge in [-0.1, -0.05) is 35.6 Å². The first-order valence-electron chi connectivity index (χ1n) is 8.94. The zero-order valence-corrected chi connectivity index (χ0v) is 15.2. The molecule has 0 spiro atoms. The molecule has 1 aromatic carbocycles. The van der Waals surface area contributed by atoms with Crippen LogP contribution in [0.3, 0.4) is 0 Å². The van der Waals surface area contributed by atoms with Gasteiger partial charge in [0, 0.05) is 11.5 Å². The van der Waals surface area contributed by atoms with Crippen LogP contribution < -0.4 is 10.6 Å². The fraction of sp³-hybridized carbons (Fsp3) is 0.263. The van der Waals surface area contributed by atoms with E-state index in [1.807, 2.05) is 18.2 Å². The molecule has 2 aromatic heterocycles. The van der Waals surface area contributed by atoms with E-state index in [0.717, 1.165) is 35.9 Å². The van der Waals surface area contributed by atoms with E-state index in [1.54, 1.807) is 0 Å². The molecule has 2 aliphatic carbocycles. The Morgan fingerprint density at radius 3 is 2.96 bits per heavy atom. The molecule has 1 saturated carbocycles. The normalized spacial score (nSPS) is 15.6. The van der Waals surface area contributed by atoms with Crippen LogP contribution in [-0.2, 0) is 11.2 Å². The van der Waals surface area contributed by atoms with Crippen LogP contribution in [0.1, 0.15) is 40.7 Å². The van der Waals surface area contributed by atoms with Gasteiger partial charge in [-0.15, -0.1) is 0 Å². The van der Waals surface area contributed by atoms with E-state index in [2.05, 4.69) is 38.0 Å². The Bertz CT molecular complexity index is 1090. The van der Waals surface area contributed by atoms with Crippen molar-refractivity contribution in [2.24, 2.45) is 5.92 Å². The molecule has 7 nitrogen and oxygen atoms in total. The summed E-state index contributed by atoms with van der Waals surface area (Å²) in [5.74, 6) is 0.417. The number of fused-ring (bicyclic) bond motifs is 2. The highest BCUT2D eigenvalue weighted by Gasteiger charge is 2.30. The van der Waals surface area contributed by atoms with Crippen molar-refractivity contribution in [3.05, 3.63) is 41.0 Å². The minimum atomic E-state index is -0.194. The van der Waals surface area contributed by atoms with Gasteiger partial charge in [0.05, 0.1) is 0 Å². The highest BCUT2D eigenvalue weighted by Crippen LogP contribution is 2.34. The zero-order chi connectivity index (χ0) is 18.4. The van der Waals surface area contributed by atoms with Crippen LogP contribution in [0.5, 0.6) is 0 Å². The Labute approximate surface area is 158 Å². The Balaban J connectivity index is 1.40. The van der Waals surface area contributed by atoms with E-state index in [4.69, 9.17) is 0 Å². The lowest BCUT2D eigenvalue weighted by atomic mass is 9.93. The van der Waals surface area contributed by atoms with E-state index >= 15 is 0 Å². The van der Waals surface area contributed by atoms with Crippen LogP contribution in [0.25, 0.3) is 16.4 Å². The number of allylic oxidation sites excluding steroid dienone is 1. The number of H-pyrrole nitrogens is 1. The average molecular weight is 379 g/mol. The van der Waals surface area contributed by atoms with E-state index in [9.17, 15) is 9.59 Å². The summed E-state index contributed by atoms with van der Waals surface area (Å²) in [6.07, 6.45) is 7.91. The molecule has 5 rings (SSSR count). The number of hydrogen-bond acceptors (Lipinski definition) is 5. The van der Waals surface area contributed by atoms with E-state index in [0.29, 0.717) is 22.2 Å². The lowest BCUT2D eigenvalue weighted by molar-refractivity contribution is -0.117. The summed E-state index contributed by atoms with van der Waals surface area (Å²) in [5.41, 5.74) is 3.27. The first-order chi connectivity index (χ1) is 13.2. The standard InChI is InChI=1S/C19H17N5O2S/c25-17(11-8-9-11)22-19-21-16-14(27-19)15(23-24-16)20-18(26)13-7-3-5-10-4-1-2-6-12(10)13/h2-3,5-7,11H,1,4,8-9H2,(H3,20,21,22,23,24,25,26). The Morgan fingerprint density at radius 1 is 1.22 bits per heavy atom. The summed E-state index contributed by atoms with van der Waals surface area (Å²) >= 11 is 1.30. The number of nitrogens with zero attached hydrogens (tertiary/aromatic N) is 2. The molecule has 0 atom stereocenters. The molecule has 3 aromatic rings. The van der Waals surface area contributed by atoms with Crippen LogP contribution >= 0.6 is 11.3 Å². The molecular weight excluding hydrogens is 362 g/mol. The van der Waals surface area contributed by atoms with Gasteiger partial charge in [-0.05, 0) is 42.9 Å². The maximum absolute atomic E-state index is 12.8. The van der Waals surface area contributed by atoms with Crippen LogP contribution in [0, 0.1) is 5.92 Å². The number of aromatic amines is 1. The van der Waals surface area contributed by atoms with E-state index in [1.165, 1.54) is 16.9 Å². The minimum Gasteiger partial charge on any atom is -0.306 e. The Morgan fingerprint density at radius 2 is 2.11 bits per heavy atom. The number of thiazole rings is 1. The number of nitrogens with one attached hydrogen (secondary N) is 3. The van der Waals surface area contributed by atoms with Crippen molar-refractivity contribution in [3.8, 4) is 0 Å². The number of rotatable bonds is 4. The number of aryl methyl sites for hydroxylation is 1. The SMILES string of the molecule is O=C(Nc1[nH]nc2nc(NC(=O)C3CC3)sc12)c1cccc2c1C=CCC2. The van der Waals surface area contributed by atoms with Gasteiger partial charge < -0.3 is 10.6 Å². The third-order valence-electron chi connectivity index (χ3n) is 4.83.